The maximum Gasteiger partial charge on any atom is 0.123 e. The van der Waals surface area contributed by atoms with Gasteiger partial charge >= 0.3 is 0 Å². The summed E-state index contributed by atoms with van der Waals surface area (Å²) in [6, 6.07) is 33.0. The van der Waals surface area contributed by atoms with Crippen LogP contribution >= 0.6 is 0 Å². The zero-order chi connectivity index (χ0) is 19.3. The average Bonchev–Trinajstić information content (AvgIpc) is 2.75. The first-order chi connectivity index (χ1) is 13.7. The highest BCUT2D eigenvalue weighted by Crippen LogP contribution is 2.36. The number of rotatable bonds is 4. The molecule has 0 aliphatic rings. The van der Waals surface area contributed by atoms with Crippen molar-refractivity contribution in [3.05, 3.63) is 143 Å². The summed E-state index contributed by atoms with van der Waals surface area (Å²) in [4.78, 5) is 0. The van der Waals surface area contributed by atoms with E-state index >= 15 is 0 Å². The van der Waals surface area contributed by atoms with Crippen LogP contribution < -0.4 is 0 Å². The molecule has 0 aliphatic heterocycles. The Hall–Kier alpha value is -3.52. The van der Waals surface area contributed by atoms with Crippen LogP contribution in [0.5, 0.6) is 0 Å². The van der Waals surface area contributed by atoms with Gasteiger partial charge in [-0.1, -0.05) is 84.9 Å². The summed E-state index contributed by atoms with van der Waals surface area (Å²) in [7, 11) is 0. The highest BCUT2D eigenvalue weighted by atomic mass is 19.1. The third kappa shape index (κ3) is 3.77. The van der Waals surface area contributed by atoms with Crippen molar-refractivity contribution < 1.29 is 8.78 Å². The minimum absolute atomic E-state index is 0.279. The Balaban J connectivity index is 2.08. The molecular weight excluding hydrogens is 350 g/mol. The van der Waals surface area contributed by atoms with E-state index in [-0.39, 0.29) is 11.6 Å². The normalized spacial score (nSPS) is 11.8. The zero-order valence-corrected chi connectivity index (χ0v) is 15.1. The van der Waals surface area contributed by atoms with Crippen molar-refractivity contribution in [2.45, 2.75) is 0 Å². The van der Waals surface area contributed by atoms with E-state index in [2.05, 4.69) is 0 Å². The number of hydrogen-bond acceptors (Lipinski definition) is 0. The molecule has 0 unspecified atom stereocenters. The van der Waals surface area contributed by atoms with Gasteiger partial charge in [0.05, 0.1) is 0 Å². The summed E-state index contributed by atoms with van der Waals surface area (Å²) >= 11 is 0. The third-order valence-corrected chi connectivity index (χ3v) is 4.64. The molecule has 0 saturated carbocycles. The van der Waals surface area contributed by atoms with Gasteiger partial charge in [0, 0.05) is 0 Å². The molecule has 0 radical (unpaired) electrons. The second-order valence-electron chi connectivity index (χ2n) is 6.50. The van der Waals surface area contributed by atoms with E-state index in [1.165, 1.54) is 24.3 Å². The number of benzene rings is 4. The van der Waals surface area contributed by atoms with E-state index in [4.69, 9.17) is 0 Å². The SMILES string of the molecule is Fc1ccc(/C(=C(\c2ccccc2)c2ccc(F)cc2)c2ccccc2)cc1. The summed E-state index contributed by atoms with van der Waals surface area (Å²) < 4.78 is 27.2. The number of hydrogen-bond donors (Lipinski definition) is 0. The molecule has 0 amide bonds. The summed E-state index contributed by atoms with van der Waals surface area (Å²) in [6.07, 6.45) is 0. The van der Waals surface area contributed by atoms with E-state index in [0.717, 1.165) is 33.4 Å². The molecule has 4 aromatic carbocycles. The fourth-order valence-corrected chi connectivity index (χ4v) is 3.35. The lowest BCUT2D eigenvalue weighted by molar-refractivity contribution is 0.627. The second kappa shape index (κ2) is 8.01. The second-order valence-corrected chi connectivity index (χ2v) is 6.50. The smallest absolute Gasteiger partial charge is 0.123 e. The molecule has 0 nitrogen and oxygen atoms in total. The van der Waals surface area contributed by atoms with E-state index in [9.17, 15) is 8.78 Å². The number of halogens is 2. The van der Waals surface area contributed by atoms with E-state index in [0.29, 0.717) is 0 Å². The molecule has 2 heteroatoms. The molecule has 0 heterocycles. The van der Waals surface area contributed by atoms with Crippen molar-refractivity contribution in [3.8, 4) is 0 Å². The van der Waals surface area contributed by atoms with Gasteiger partial charge < -0.3 is 0 Å². The van der Waals surface area contributed by atoms with Gasteiger partial charge in [0.25, 0.3) is 0 Å². The van der Waals surface area contributed by atoms with E-state index in [1.807, 2.05) is 60.7 Å². The van der Waals surface area contributed by atoms with Crippen LogP contribution in [0.2, 0.25) is 0 Å². The summed E-state index contributed by atoms with van der Waals surface area (Å²) in [6.45, 7) is 0. The molecule has 0 spiro atoms. The maximum atomic E-state index is 13.6. The van der Waals surface area contributed by atoms with Crippen molar-refractivity contribution >= 4 is 11.1 Å². The standard InChI is InChI=1S/C26H18F2/c27-23-15-11-21(12-16-23)25(19-7-3-1-4-8-19)26(20-9-5-2-6-10-20)22-13-17-24(28)18-14-22/h1-18H/b26-25+. The fourth-order valence-electron chi connectivity index (χ4n) is 3.35. The predicted octanol–water partition coefficient (Wildman–Crippen LogP) is 6.97. The van der Waals surface area contributed by atoms with E-state index < -0.39 is 0 Å². The monoisotopic (exact) mass is 368 g/mol. The molecular formula is C26H18F2. The van der Waals surface area contributed by atoms with E-state index in [1.54, 1.807) is 24.3 Å². The molecule has 4 rings (SSSR count). The summed E-state index contributed by atoms with van der Waals surface area (Å²) in [5.74, 6) is -0.557. The van der Waals surface area contributed by atoms with Crippen LogP contribution in [0, 0.1) is 11.6 Å². The molecule has 0 atom stereocenters. The van der Waals surface area contributed by atoms with Crippen molar-refractivity contribution in [2.24, 2.45) is 0 Å². The van der Waals surface area contributed by atoms with Crippen LogP contribution in [-0.2, 0) is 0 Å². The minimum atomic E-state index is -0.279. The first-order valence-corrected chi connectivity index (χ1v) is 9.09. The topological polar surface area (TPSA) is 0 Å². The van der Waals surface area contributed by atoms with Crippen LogP contribution in [0.3, 0.4) is 0 Å². The van der Waals surface area contributed by atoms with Gasteiger partial charge in [-0.05, 0) is 57.7 Å². The molecule has 136 valence electrons. The Kier molecular flexibility index (Phi) is 5.11. The molecule has 0 aliphatic carbocycles. The maximum absolute atomic E-state index is 13.6. The minimum Gasteiger partial charge on any atom is -0.207 e. The van der Waals surface area contributed by atoms with Crippen molar-refractivity contribution in [1.82, 2.24) is 0 Å². The highest BCUT2D eigenvalue weighted by Gasteiger charge is 2.16. The Labute approximate surface area is 163 Å². The summed E-state index contributed by atoms with van der Waals surface area (Å²) in [5.41, 5.74) is 5.76. The van der Waals surface area contributed by atoms with Crippen LogP contribution in [0.25, 0.3) is 11.1 Å². The van der Waals surface area contributed by atoms with Gasteiger partial charge in [-0.2, -0.15) is 0 Å². The van der Waals surface area contributed by atoms with Crippen molar-refractivity contribution in [3.63, 3.8) is 0 Å². The predicted molar refractivity (Wildman–Crippen MR) is 111 cm³/mol. The lowest BCUT2D eigenvalue weighted by Crippen LogP contribution is -1.97. The van der Waals surface area contributed by atoms with Crippen LogP contribution in [-0.4, -0.2) is 0 Å². The average molecular weight is 368 g/mol. The Morgan fingerprint density at radius 3 is 0.964 bits per heavy atom. The van der Waals surface area contributed by atoms with Gasteiger partial charge in [0.15, 0.2) is 0 Å². The molecule has 0 fully saturated rings. The van der Waals surface area contributed by atoms with Gasteiger partial charge in [-0.15, -0.1) is 0 Å². The van der Waals surface area contributed by atoms with Gasteiger partial charge in [0.1, 0.15) is 11.6 Å². The van der Waals surface area contributed by atoms with Gasteiger partial charge in [-0.3, -0.25) is 0 Å². The largest absolute Gasteiger partial charge is 0.207 e. The molecule has 0 N–H and O–H groups in total. The van der Waals surface area contributed by atoms with Crippen LogP contribution in [0.4, 0.5) is 8.78 Å². The fraction of sp³-hybridized carbons (Fsp3) is 0. The van der Waals surface area contributed by atoms with Gasteiger partial charge in [0.2, 0.25) is 0 Å². The highest BCUT2D eigenvalue weighted by molar-refractivity contribution is 6.04. The molecule has 28 heavy (non-hydrogen) atoms. The van der Waals surface area contributed by atoms with Crippen molar-refractivity contribution in [2.75, 3.05) is 0 Å². The van der Waals surface area contributed by atoms with Crippen LogP contribution in [0.1, 0.15) is 22.3 Å². The lowest BCUT2D eigenvalue weighted by Gasteiger charge is -2.18. The quantitative estimate of drug-likeness (QED) is 0.341. The summed E-state index contributed by atoms with van der Waals surface area (Å²) in [5, 5.41) is 0. The zero-order valence-electron chi connectivity index (χ0n) is 15.1. The molecule has 0 saturated heterocycles. The first-order valence-electron chi connectivity index (χ1n) is 9.09. The Bertz CT molecular complexity index is 988. The lowest BCUT2D eigenvalue weighted by atomic mass is 9.86. The van der Waals surface area contributed by atoms with Crippen molar-refractivity contribution in [1.29, 1.82) is 0 Å². The third-order valence-electron chi connectivity index (χ3n) is 4.64. The Morgan fingerprint density at radius 1 is 0.357 bits per heavy atom. The molecule has 4 aromatic rings. The van der Waals surface area contributed by atoms with Crippen LogP contribution in [0.15, 0.2) is 109 Å². The van der Waals surface area contributed by atoms with Gasteiger partial charge in [-0.25, -0.2) is 8.78 Å². The molecule has 0 aromatic heterocycles. The Morgan fingerprint density at radius 2 is 0.643 bits per heavy atom. The first kappa shape index (κ1) is 17.9. The molecule has 0 bridgehead atoms.